The minimum Gasteiger partial charge on any atom is -0.481 e. The molecule has 0 aliphatic carbocycles. The molecule has 0 aromatic heterocycles. The molecule has 19 heavy (non-hydrogen) atoms. The van der Waals surface area contributed by atoms with Gasteiger partial charge in [-0.1, -0.05) is 0 Å². The molecule has 1 aliphatic rings. The molecule has 0 spiro atoms. The maximum Gasteiger partial charge on any atom is 0.415 e. The molecule has 6 nitrogen and oxygen atoms in total. The van der Waals surface area contributed by atoms with E-state index in [1.54, 1.807) is 0 Å². The highest BCUT2D eigenvalue weighted by atomic mass is 19.4. The van der Waals surface area contributed by atoms with Gasteiger partial charge in [-0.2, -0.15) is 13.2 Å². The van der Waals surface area contributed by atoms with Gasteiger partial charge in [-0.15, -0.1) is 0 Å². The molecule has 1 saturated heterocycles. The van der Waals surface area contributed by atoms with E-state index in [0.717, 1.165) is 0 Å². The predicted molar refractivity (Wildman–Crippen MR) is 57.1 cm³/mol. The summed E-state index contributed by atoms with van der Waals surface area (Å²) in [6.45, 7) is 1.44. The summed E-state index contributed by atoms with van der Waals surface area (Å²) in [7, 11) is 0. The second kappa shape index (κ2) is 4.64. The highest BCUT2D eigenvalue weighted by molar-refractivity contribution is 5.88. The van der Waals surface area contributed by atoms with E-state index in [-0.39, 0.29) is 13.2 Å². The van der Waals surface area contributed by atoms with Crippen LogP contribution in [0.5, 0.6) is 0 Å². The smallest absolute Gasteiger partial charge is 0.415 e. The first kappa shape index (κ1) is 15.7. The summed E-state index contributed by atoms with van der Waals surface area (Å²) >= 11 is 0. The Hall–Kier alpha value is -1.35. The number of ether oxygens (including phenoxy) is 1. The van der Waals surface area contributed by atoms with Gasteiger partial charge in [0.05, 0.1) is 19.3 Å². The number of rotatable bonds is 3. The second-order valence-corrected chi connectivity index (χ2v) is 4.96. The van der Waals surface area contributed by atoms with Gasteiger partial charge in [0.2, 0.25) is 5.91 Å². The van der Waals surface area contributed by atoms with E-state index in [1.165, 1.54) is 6.92 Å². The maximum absolute atomic E-state index is 12.6. The first-order valence-corrected chi connectivity index (χ1v) is 5.40. The molecule has 1 heterocycles. The molecular formula is C10H15F3N2O4. The van der Waals surface area contributed by atoms with Crippen molar-refractivity contribution in [2.45, 2.75) is 31.6 Å². The fraction of sp³-hybridized carbons (Fsp3) is 0.800. The van der Waals surface area contributed by atoms with E-state index in [4.69, 9.17) is 15.6 Å². The molecule has 110 valence electrons. The zero-order valence-electron chi connectivity index (χ0n) is 10.4. The number of carbonyl (C=O) groups excluding carboxylic acids is 1. The molecule has 1 fully saturated rings. The number of nitrogens with two attached hydrogens (primary N) is 1. The lowest BCUT2D eigenvalue weighted by Crippen LogP contribution is -2.64. The number of alkyl halides is 3. The van der Waals surface area contributed by atoms with Gasteiger partial charge in [-0.25, -0.2) is 0 Å². The van der Waals surface area contributed by atoms with Gasteiger partial charge in [0.15, 0.2) is 5.54 Å². The molecule has 1 aliphatic heterocycles. The molecule has 4 N–H and O–H groups in total. The molecule has 0 aromatic carbocycles. The Kier molecular flexibility index (Phi) is 3.83. The molecule has 1 amide bonds. The molecule has 3 unspecified atom stereocenters. The Morgan fingerprint density at radius 2 is 2.00 bits per heavy atom. The second-order valence-electron chi connectivity index (χ2n) is 4.96. The summed E-state index contributed by atoms with van der Waals surface area (Å²) in [5.41, 5.74) is 0.392. The number of nitrogens with one attached hydrogen (secondary N) is 1. The largest absolute Gasteiger partial charge is 0.481 e. The summed E-state index contributed by atoms with van der Waals surface area (Å²) in [6, 6.07) is -1.07. The topological polar surface area (TPSA) is 102 Å². The van der Waals surface area contributed by atoms with Crippen molar-refractivity contribution in [1.29, 1.82) is 0 Å². The molecule has 9 heteroatoms. The van der Waals surface area contributed by atoms with Crippen molar-refractivity contribution in [3.8, 4) is 0 Å². The van der Waals surface area contributed by atoms with Crippen molar-refractivity contribution >= 4 is 11.9 Å². The van der Waals surface area contributed by atoms with Crippen molar-refractivity contribution in [1.82, 2.24) is 5.32 Å². The number of amides is 1. The third-order valence-corrected chi connectivity index (χ3v) is 3.31. The summed E-state index contributed by atoms with van der Waals surface area (Å²) in [6.07, 6.45) is -4.93. The van der Waals surface area contributed by atoms with Crippen LogP contribution in [-0.2, 0) is 14.3 Å². The van der Waals surface area contributed by atoms with Gasteiger partial charge in [-0.3, -0.25) is 9.59 Å². The number of carboxylic acids is 1. The number of carbonyl (C=O) groups is 2. The van der Waals surface area contributed by atoms with Crippen LogP contribution in [0.3, 0.4) is 0 Å². The summed E-state index contributed by atoms with van der Waals surface area (Å²) < 4.78 is 42.6. The lowest BCUT2D eigenvalue weighted by Gasteiger charge is -2.31. The van der Waals surface area contributed by atoms with Gasteiger partial charge in [0, 0.05) is 0 Å². The average molecular weight is 284 g/mol. The van der Waals surface area contributed by atoms with Crippen LogP contribution in [0, 0.1) is 5.41 Å². The van der Waals surface area contributed by atoms with Crippen molar-refractivity contribution in [3.05, 3.63) is 0 Å². The van der Waals surface area contributed by atoms with Crippen LogP contribution in [0.15, 0.2) is 0 Å². The minimum absolute atomic E-state index is 0.178. The van der Waals surface area contributed by atoms with E-state index < -0.39 is 35.0 Å². The first-order chi connectivity index (χ1) is 8.43. The third-order valence-electron chi connectivity index (χ3n) is 3.31. The normalized spacial score (nSPS) is 30.7. The van der Waals surface area contributed by atoms with E-state index in [0.29, 0.717) is 6.92 Å². The monoisotopic (exact) mass is 284 g/mol. The van der Waals surface area contributed by atoms with Crippen molar-refractivity contribution in [2.24, 2.45) is 11.1 Å². The highest BCUT2D eigenvalue weighted by Crippen LogP contribution is 2.31. The molecular weight excluding hydrogens is 269 g/mol. The van der Waals surface area contributed by atoms with Crippen molar-refractivity contribution in [2.75, 3.05) is 13.2 Å². The first-order valence-electron chi connectivity index (χ1n) is 5.40. The molecule has 0 bridgehead atoms. The summed E-state index contributed by atoms with van der Waals surface area (Å²) in [5, 5.41) is 11.0. The van der Waals surface area contributed by atoms with E-state index in [2.05, 4.69) is 0 Å². The fourth-order valence-corrected chi connectivity index (χ4v) is 1.52. The van der Waals surface area contributed by atoms with Crippen molar-refractivity contribution in [3.63, 3.8) is 0 Å². The van der Waals surface area contributed by atoms with E-state index >= 15 is 0 Å². The number of aliphatic carboxylic acids is 1. The Bertz CT molecular complexity index is 397. The number of halogens is 3. The number of carboxylic acid groups (broad SMARTS) is 1. The van der Waals surface area contributed by atoms with Crippen LogP contribution < -0.4 is 11.1 Å². The number of hydrogen-bond donors (Lipinski definition) is 3. The zero-order chi connectivity index (χ0) is 15.1. The Morgan fingerprint density at radius 3 is 2.42 bits per heavy atom. The van der Waals surface area contributed by atoms with Gasteiger partial charge in [0.25, 0.3) is 0 Å². The highest BCUT2D eigenvalue weighted by Gasteiger charge is 2.56. The van der Waals surface area contributed by atoms with Crippen LogP contribution in [0.2, 0.25) is 0 Å². The van der Waals surface area contributed by atoms with Gasteiger partial charge in [0.1, 0.15) is 5.41 Å². The van der Waals surface area contributed by atoms with Gasteiger partial charge in [-0.05, 0) is 13.8 Å². The van der Waals surface area contributed by atoms with Crippen LogP contribution in [0.25, 0.3) is 0 Å². The van der Waals surface area contributed by atoms with Gasteiger partial charge < -0.3 is 20.9 Å². The molecule has 3 atom stereocenters. The predicted octanol–water partition coefficient (Wildman–Crippen LogP) is -0.128. The zero-order valence-corrected chi connectivity index (χ0v) is 10.4. The molecule has 1 rings (SSSR count). The van der Waals surface area contributed by atoms with Crippen LogP contribution in [-0.4, -0.2) is 48.0 Å². The SMILES string of the molecule is CC1(C(=O)O)COCC1NC(=O)C(C)(N)C(F)(F)F. The van der Waals surface area contributed by atoms with Crippen LogP contribution in [0.1, 0.15) is 13.8 Å². The Labute approximate surface area is 107 Å². The maximum atomic E-state index is 12.6. The molecule has 0 saturated carbocycles. The van der Waals surface area contributed by atoms with E-state index in [1.807, 2.05) is 5.32 Å². The lowest BCUT2D eigenvalue weighted by molar-refractivity contribution is -0.188. The fourth-order valence-electron chi connectivity index (χ4n) is 1.52. The molecule has 0 radical (unpaired) electrons. The van der Waals surface area contributed by atoms with Crippen LogP contribution in [0.4, 0.5) is 13.2 Å². The van der Waals surface area contributed by atoms with Crippen molar-refractivity contribution < 1.29 is 32.6 Å². The standard InChI is InChI=1S/C10H15F3N2O4/c1-8(7(17)18)4-19-3-5(8)15-6(16)9(2,14)10(11,12)13/h5H,3-4,14H2,1-2H3,(H,15,16)(H,17,18). The Balaban J connectivity index is 2.86. The van der Waals surface area contributed by atoms with E-state index in [9.17, 15) is 22.8 Å². The number of hydrogen-bond acceptors (Lipinski definition) is 4. The van der Waals surface area contributed by atoms with Gasteiger partial charge >= 0.3 is 12.1 Å². The summed E-state index contributed by atoms with van der Waals surface area (Å²) in [5.74, 6) is -2.75. The molecule has 0 aromatic rings. The summed E-state index contributed by atoms with van der Waals surface area (Å²) in [4.78, 5) is 22.7. The van der Waals surface area contributed by atoms with Crippen LogP contribution >= 0.6 is 0 Å². The quantitative estimate of drug-likeness (QED) is 0.670. The third kappa shape index (κ3) is 2.66. The lowest BCUT2D eigenvalue weighted by atomic mass is 9.85. The minimum atomic E-state index is -4.93. The average Bonchev–Trinajstić information content (AvgIpc) is 2.60. The Morgan fingerprint density at radius 1 is 1.47 bits per heavy atom.